The van der Waals surface area contributed by atoms with E-state index in [0.717, 1.165) is 25.7 Å². The number of carbonyl (C=O) groups is 1. The molecule has 0 radical (unpaired) electrons. The van der Waals surface area contributed by atoms with Gasteiger partial charge in [0, 0.05) is 6.42 Å². The molecule has 8 atom stereocenters. The van der Waals surface area contributed by atoms with Gasteiger partial charge in [-0.3, -0.25) is 4.79 Å². The highest BCUT2D eigenvalue weighted by Crippen LogP contribution is 2.51. The number of esters is 1. The molecule has 4 aliphatic rings. The molecule has 144 valence electrons. The number of alkyl halides is 3. The van der Waals surface area contributed by atoms with Crippen LogP contribution < -0.4 is 0 Å². The monoisotopic (exact) mass is 371 g/mol. The maximum absolute atomic E-state index is 12.9. The molecule has 4 rings (SSSR count). The SMILES string of the molecule is [CH2+]C(O)(CC1CC2CC(OC(=O)C3CC4C=CC3C4)CC1C2)C(F)(F)F. The van der Waals surface area contributed by atoms with Gasteiger partial charge < -0.3 is 9.84 Å². The smallest absolute Gasteiger partial charge is 0.461 e. The molecule has 0 aliphatic heterocycles. The Morgan fingerprint density at radius 1 is 1.12 bits per heavy atom. The largest absolute Gasteiger partial charge is 0.462 e. The van der Waals surface area contributed by atoms with Crippen LogP contribution in [0.1, 0.15) is 44.9 Å². The molecule has 8 unspecified atom stereocenters. The van der Waals surface area contributed by atoms with Crippen LogP contribution in [-0.2, 0) is 9.53 Å². The van der Waals surface area contributed by atoms with E-state index in [9.17, 15) is 23.1 Å². The molecule has 0 spiro atoms. The fourth-order valence-corrected chi connectivity index (χ4v) is 5.82. The van der Waals surface area contributed by atoms with E-state index in [4.69, 9.17) is 4.74 Å². The van der Waals surface area contributed by atoms with Crippen LogP contribution in [0.3, 0.4) is 0 Å². The van der Waals surface area contributed by atoms with Crippen LogP contribution in [-0.4, -0.2) is 29.0 Å². The lowest BCUT2D eigenvalue weighted by Gasteiger charge is -2.31. The lowest BCUT2D eigenvalue weighted by Crippen LogP contribution is -2.44. The Morgan fingerprint density at radius 2 is 1.88 bits per heavy atom. The molecule has 0 amide bonds. The third kappa shape index (κ3) is 3.25. The average Bonchev–Trinajstić information content (AvgIpc) is 3.21. The molecule has 0 aromatic rings. The minimum absolute atomic E-state index is 0.0458. The van der Waals surface area contributed by atoms with Crippen LogP contribution in [0, 0.1) is 42.4 Å². The molecule has 4 aliphatic carbocycles. The normalized spacial score (nSPS) is 43.5. The summed E-state index contributed by atoms with van der Waals surface area (Å²) in [6.45, 7) is 3.00. The molecule has 0 saturated heterocycles. The summed E-state index contributed by atoms with van der Waals surface area (Å²) in [6, 6.07) is 0. The van der Waals surface area contributed by atoms with E-state index in [2.05, 4.69) is 19.1 Å². The molecule has 0 aromatic heterocycles. The van der Waals surface area contributed by atoms with Gasteiger partial charge in [0.15, 0.2) is 0 Å². The summed E-state index contributed by atoms with van der Waals surface area (Å²) in [5, 5.41) is 9.72. The van der Waals surface area contributed by atoms with E-state index in [-0.39, 0.29) is 42.2 Å². The van der Waals surface area contributed by atoms with Gasteiger partial charge in [0.05, 0.1) is 5.92 Å². The highest BCUT2D eigenvalue weighted by atomic mass is 19.4. The molecule has 26 heavy (non-hydrogen) atoms. The van der Waals surface area contributed by atoms with E-state index in [1.165, 1.54) is 0 Å². The number of carbonyl (C=O) groups excluding carboxylic acids is 1. The summed E-state index contributed by atoms with van der Waals surface area (Å²) in [7, 11) is 0. The van der Waals surface area contributed by atoms with E-state index in [1.807, 2.05) is 0 Å². The van der Waals surface area contributed by atoms with E-state index < -0.39 is 11.8 Å². The van der Waals surface area contributed by atoms with Crippen molar-refractivity contribution >= 4 is 5.97 Å². The number of rotatable bonds is 4. The fourth-order valence-electron chi connectivity index (χ4n) is 5.82. The number of hydrogen-bond donors (Lipinski definition) is 1. The van der Waals surface area contributed by atoms with Crippen molar-refractivity contribution in [1.82, 2.24) is 0 Å². The van der Waals surface area contributed by atoms with Crippen LogP contribution in [0.15, 0.2) is 12.2 Å². The third-order valence-electron chi connectivity index (χ3n) is 7.09. The van der Waals surface area contributed by atoms with Crippen LogP contribution in [0.25, 0.3) is 0 Å². The van der Waals surface area contributed by atoms with E-state index in [0.29, 0.717) is 24.7 Å². The van der Waals surface area contributed by atoms with Crippen molar-refractivity contribution in [1.29, 1.82) is 0 Å². The predicted molar refractivity (Wildman–Crippen MR) is 88.6 cm³/mol. The fraction of sp³-hybridized carbons (Fsp3) is 0.800. The lowest BCUT2D eigenvalue weighted by atomic mass is 9.81. The predicted octanol–water partition coefficient (Wildman–Crippen LogP) is 4.06. The second-order valence-electron chi connectivity index (χ2n) is 9.01. The van der Waals surface area contributed by atoms with Gasteiger partial charge in [0.1, 0.15) is 13.0 Å². The standard InChI is InChI=1S/C20H26F3O3/c1-19(25,20(21,22)23)10-15-6-12-5-14(15)9-16(7-12)26-18(24)17-8-11-2-3-13(17)4-11/h2-3,11-17,25H,1,4-10H2/q+1. The van der Waals surface area contributed by atoms with Gasteiger partial charge in [-0.2, -0.15) is 13.2 Å². The van der Waals surface area contributed by atoms with Crippen LogP contribution in [0.2, 0.25) is 0 Å². The van der Waals surface area contributed by atoms with Crippen LogP contribution in [0.4, 0.5) is 13.2 Å². The number of hydrogen-bond acceptors (Lipinski definition) is 3. The average molecular weight is 371 g/mol. The van der Waals surface area contributed by atoms with E-state index >= 15 is 0 Å². The summed E-state index contributed by atoms with van der Waals surface area (Å²) < 4.78 is 44.6. The van der Waals surface area contributed by atoms with Gasteiger partial charge >= 0.3 is 12.1 Å². The molecule has 6 heteroatoms. The Kier molecular flexibility index (Phi) is 4.33. The summed E-state index contributed by atoms with van der Waals surface area (Å²) in [4.78, 5) is 12.5. The van der Waals surface area contributed by atoms with Gasteiger partial charge in [-0.05, 0) is 68.1 Å². The molecular weight excluding hydrogens is 345 g/mol. The lowest BCUT2D eigenvalue weighted by molar-refractivity contribution is -0.247. The summed E-state index contributed by atoms with van der Waals surface area (Å²) in [5.74, 6) is 0.764. The molecule has 3 saturated carbocycles. The van der Waals surface area contributed by atoms with Crippen molar-refractivity contribution in [3.8, 4) is 0 Å². The molecule has 0 heterocycles. The molecular formula is C20H26F3O3+. The third-order valence-corrected chi connectivity index (χ3v) is 7.09. The van der Waals surface area contributed by atoms with Crippen LogP contribution in [0.5, 0.6) is 0 Å². The van der Waals surface area contributed by atoms with Gasteiger partial charge in [-0.15, -0.1) is 0 Å². The first-order chi connectivity index (χ1) is 12.1. The first-order valence-corrected chi connectivity index (χ1v) is 9.65. The second kappa shape index (κ2) is 6.18. The topological polar surface area (TPSA) is 46.5 Å². The Hall–Kier alpha value is -1.17. The van der Waals surface area contributed by atoms with Crippen molar-refractivity contribution < 1.29 is 27.8 Å². The molecule has 0 aromatic carbocycles. The summed E-state index contributed by atoms with van der Waals surface area (Å²) >= 11 is 0. The highest BCUT2D eigenvalue weighted by Gasteiger charge is 2.59. The molecule has 4 bridgehead atoms. The van der Waals surface area contributed by atoms with Gasteiger partial charge in [-0.1, -0.05) is 12.2 Å². The second-order valence-corrected chi connectivity index (χ2v) is 9.01. The van der Waals surface area contributed by atoms with Crippen molar-refractivity contribution in [3.63, 3.8) is 0 Å². The summed E-state index contributed by atoms with van der Waals surface area (Å²) in [5.41, 5.74) is -2.89. The number of halogens is 3. The van der Waals surface area contributed by atoms with Crippen LogP contribution >= 0.6 is 0 Å². The minimum Gasteiger partial charge on any atom is -0.462 e. The first kappa shape index (κ1) is 18.2. The van der Waals surface area contributed by atoms with Crippen molar-refractivity contribution in [2.45, 2.75) is 62.8 Å². The summed E-state index contributed by atoms with van der Waals surface area (Å²) in [6.07, 6.45) is 3.79. The number of allylic oxidation sites excluding steroid dienone is 2. The highest BCUT2D eigenvalue weighted by molar-refractivity contribution is 5.74. The quantitative estimate of drug-likeness (QED) is 0.460. The zero-order valence-corrected chi connectivity index (χ0v) is 14.8. The minimum atomic E-state index is -4.72. The zero-order chi connectivity index (χ0) is 18.7. The van der Waals surface area contributed by atoms with Crippen molar-refractivity contribution in [2.24, 2.45) is 35.5 Å². The Morgan fingerprint density at radius 3 is 2.50 bits per heavy atom. The van der Waals surface area contributed by atoms with Gasteiger partial charge in [0.25, 0.3) is 5.60 Å². The van der Waals surface area contributed by atoms with Crippen molar-refractivity contribution in [2.75, 3.05) is 0 Å². The molecule has 3 nitrogen and oxygen atoms in total. The zero-order valence-electron chi connectivity index (χ0n) is 14.8. The number of aliphatic hydroxyl groups is 1. The Bertz CT molecular complexity index is 598. The van der Waals surface area contributed by atoms with E-state index in [1.54, 1.807) is 0 Å². The maximum Gasteiger partial charge on any atom is 0.461 e. The Labute approximate surface area is 152 Å². The maximum atomic E-state index is 12.9. The Balaban J connectivity index is 1.34. The molecule has 1 N–H and O–H groups in total. The van der Waals surface area contributed by atoms with Gasteiger partial charge in [-0.25, -0.2) is 0 Å². The van der Waals surface area contributed by atoms with Crippen molar-refractivity contribution in [3.05, 3.63) is 19.1 Å². The number of ether oxygens (including phenoxy) is 1. The number of fused-ring (bicyclic) bond motifs is 4. The molecule has 3 fully saturated rings. The van der Waals surface area contributed by atoms with Gasteiger partial charge in [0.2, 0.25) is 0 Å². The first-order valence-electron chi connectivity index (χ1n) is 9.65.